The maximum Gasteiger partial charge on any atom is 0.337 e. The predicted octanol–water partition coefficient (Wildman–Crippen LogP) is 2.85. The molecule has 0 saturated carbocycles. The largest absolute Gasteiger partial charge is 0.495 e. The van der Waals surface area contributed by atoms with Crippen LogP contribution in [0.1, 0.15) is 10.4 Å². The zero-order chi connectivity index (χ0) is 16.3. The minimum Gasteiger partial charge on any atom is -0.495 e. The maximum atomic E-state index is 12.4. The van der Waals surface area contributed by atoms with Gasteiger partial charge in [0.15, 0.2) is 0 Å². The molecule has 8 heteroatoms. The van der Waals surface area contributed by atoms with Crippen LogP contribution in [0.5, 0.6) is 5.75 Å². The predicted molar refractivity (Wildman–Crippen MR) is 82.2 cm³/mol. The summed E-state index contributed by atoms with van der Waals surface area (Å²) in [5, 5.41) is 9.03. The number of hydrogen-bond acceptors (Lipinski definition) is 4. The lowest BCUT2D eigenvalue weighted by molar-refractivity contribution is 0.0697. The van der Waals surface area contributed by atoms with Crippen LogP contribution in [0.25, 0.3) is 0 Å². The molecule has 22 heavy (non-hydrogen) atoms. The summed E-state index contributed by atoms with van der Waals surface area (Å²) in [5.74, 6) is -1.06. The molecule has 0 heterocycles. The Bertz CT molecular complexity index is 820. The van der Waals surface area contributed by atoms with Crippen molar-refractivity contribution in [1.29, 1.82) is 0 Å². The van der Waals surface area contributed by atoms with Gasteiger partial charge in [0.1, 0.15) is 10.6 Å². The van der Waals surface area contributed by atoms with Gasteiger partial charge in [-0.2, -0.15) is 0 Å². The lowest BCUT2D eigenvalue weighted by atomic mass is 10.2. The third-order valence-corrected chi connectivity index (χ3v) is 4.56. The van der Waals surface area contributed by atoms with E-state index in [1.807, 2.05) is 0 Å². The SMILES string of the molecule is COc1ccccc1S(=O)(=O)Nc1ccc(Cl)c(C(=O)O)c1. The van der Waals surface area contributed by atoms with E-state index < -0.39 is 16.0 Å². The number of carbonyl (C=O) groups is 1. The molecule has 0 spiro atoms. The first-order chi connectivity index (χ1) is 10.3. The smallest absolute Gasteiger partial charge is 0.337 e. The normalized spacial score (nSPS) is 11.0. The molecule has 2 rings (SSSR count). The summed E-state index contributed by atoms with van der Waals surface area (Å²) < 4.78 is 32.1. The number of benzene rings is 2. The Morgan fingerprint density at radius 3 is 2.55 bits per heavy atom. The molecular formula is C14H12ClNO5S. The molecule has 0 aliphatic heterocycles. The number of halogens is 1. The van der Waals surface area contributed by atoms with Crippen molar-refractivity contribution in [2.75, 3.05) is 11.8 Å². The van der Waals surface area contributed by atoms with Crippen LogP contribution in [0.15, 0.2) is 47.4 Å². The Morgan fingerprint density at radius 2 is 1.91 bits per heavy atom. The molecule has 0 atom stereocenters. The Labute approximate surface area is 132 Å². The molecule has 0 aromatic heterocycles. The maximum absolute atomic E-state index is 12.4. The van der Waals surface area contributed by atoms with Crippen LogP contribution in [-0.4, -0.2) is 26.6 Å². The standard InChI is InChI=1S/C14H12ClNO5S/c1-21-12-4-2-3-5-13(12)22(19,20)16-9-6-7-11(15)10(8-9)14(17)18/h2-8,16H,1H3,(H,17,18). The van der Waals surface area contributed by atoms with Crippen molar-refractivity contribution in [2.24, 2.45) is 0 Å². The second-order valence-electron chi connectivity index (χ2n) is 4.26. The minimum atomic E-state index is -3.92. The van der Waals surface area contributed by atoms with E-state index in [1.54, 1.807) is 12.1 Å². The van der Waals surface area contributed by atoms with Gasteiger partial charge in [0.2, 0.25) is 0 Å². The van der Waals surface area contributed by atoms with Gasteiger partial charge in [-0.1, -0.05) is 23.7 Å². The molecule has 2 aromatic rings. The van der Waals surface area contributed by atoms with E-state index in [0.29, 0.717) is 0 Å². The average Bonchev–Trinajstić information content (AvgIpc) is 2.48. The third kappa shape index (κ3) is 3.32. The number of carboxylic acid groups (broad SMARTS) is 1. The van der Waals surface area contributed by atoms with Crippen molar-refractivity contribution in [3.63, 3.8) is 0 Å². The molecule has 2 aromatic carbocycles. The molecule has 6 nitrogen and oxygen atoms in total. The number of aromatic carboxylic acids is 1. The van der Waals surface area contributed by atoms with Crippen LogP contribution in [0.3, 0.4) is 0 Å². The van der Waals surface area contributed by atoms with E-state index in [4.69, 9.17) is 21.4 Å². The quantitative estimate of drug-likeness (QED) is 0.872. The lowest BCUT2D eigenvalue weighted by Gasteiger charge is -2.12. The van der Waals surface area contributed by atoms with Crippen molar-refractivity contribution in [3.8, 4) is 5.75 Å². The number of carboxylic acids is 1. The van der Waals surface area contributed by atoms with Gasteiger partial charge in [0.25, 0.3) is 10.0 Å². The number of methoxy groups -OCH3 is 1. The molecule has 116 valence electrons. The van der Waals surface area contributed by atoms with Crippen LogP contribution < -0.4 is 9.46 Å². The van der Waals surface area contributed by atoms with Gasteiger partial charge in [-0.25, -0.2) is 13.2 Å². The molecule has 0 bridgehead atoms. The number of ether oxygens (including phenoxy) is 1. The molecule has 0 saturated heterocycles. The van der Waals surface area contributed by atoms with Crippen molar-refractivity contribution in [2.45, 2.75) is 4.90 Å². The van der Waals surface area contributed by atoms with E-state index in [-0.39, 0.29) is 26.9 Å². The van der Waals surface area contributed by atoms with Gasteiger partial charge >= 0.3 is 5.97 Å². The second-order valence-corrected chi connectivity index (χ2v) is 6.31. The minimum absolute atomic E-state index is 0.0211. The molecule has 2 N–H and O–H groups in total. The number of rotatable bonds is 5. The fraction of sp³-hybridized carbons (Fsp3) is 0.0714. The Hall–Kier alpha value is -2.25. The number of nitrogens with one attached hydrogen (secondary N) is 1. The number of anilines is 1. The van der Waals surface area contributed by atoms with Gasteiger partial charge in [0, 0.05) is 5.69 Å². The first-order valence-corrected chi connectivity index (χ1v) is 7.90. The van der Waals surface area contributed by atoms with E-state index in [2.05, 4.69) is 4.72 Å². The number of sulfonamides is 1. The summed E-state index contributed by atoms with van der Waals surface area (Å²) >= 11 is 5.75. The highest BCUT2D eigenvalue weighted by atomic mass is 35.5. The number of hydrogen-bond donors (Lipinski definition) is 2. The van der Waals surface area contributed by atoms with Gasteiger partial charge in [-0.05, 0) is 30.3 Å². The molecule has 0 radical (unpaired) electrons. The highest BCUT2D eigenvalue weighted by Gasteiger charge is 2.20. The van der Waals surface area contributed by atoms with Gasteiger partial charge in [-0.3, -0.25) is 4.72 Å². The summed E-state index contributed by atoms with van der Waals surface area (Å²) in [5.41, 5.74) is -0.102. The first kappa shape index (κ1) is 16.1. The Morgan fingerprint density at radius 1 is 1.23 bits per heavy atom. The fourth-order valence-electron chi connectivity index (χ4n) is 1.80. The van der Waals surface area contributed by atoms with Crippen LogP contribution in [0.2, 0.25) is 5.02 Å². The summed E-state index contributed by atoms with van der Waals surface area (Å²) in [6.07, 6.45) is 0. The topological polar surface area (TPSA) is 92.7 Å². The molecular weight excluding hydrogens is 330 g/mol. The average molecular weight is 342 g/mol. The molecule has 0 unspecified atom stereocenters. The van der Waals surface area contributed by atoms with Crippen molar-refractivity contribution >= 4 is 33.3 Å². The van der Waals surface area contributed by atoms with Crippen LogP contribution in [0, 0.1) is 0 Å². The first-order valence-electron chi connectivity index (χ1n) is 6.04. The molecule has 0 amide bonds. The molecule has 0 fully saturated rings. The van der Waals surface area contributed by atoms with Gasteiger partial charge < -0.3 is 9.84 Å². The van der Waals surface area contributed by atoms with E-state index >= 15 is 0 Å². The summed E-state index contributed by atoms with van der Waals surface area (Å²) in [6.45, 7) is 0. The fourth-order valence-corrected chi connectivity index (χ4v) is 3.22. The monoisotopic (exact) mass is 341 g/mol. The van der Waals surface area contributed by atoms with Crippen LogP contribution in [-0.2, 0) is 10.0 Å². The van der Waals surface area contributed by atoms with Crippen molar-refractivity contribution in [1.82, 2.24) is 0 Å². The van der Waals surface area contributed by atoms with Crippen LogP contribution >= 0.6 is 11.6 Å². The zero-order valence-electron chi connectivity index (χ0n) is 11.4. The Balaban J connectivity index is 2.41. The van der Waals surface area contributed by atoms with Crippen molar-refractivity contribution in [3.05, 3.63) is 53.1 Å². The highest BCUT2D eigenvalue weighted by molar-refractivity contribution is 7.92. The summed E-state index contributed by atoms with van der Waals surface area (Å²) in [7, 11) is -2.56. The van der Waals surface area contributed by atoms with Gasteiger partial charge in [0.05, 0.1) is 17.7 Å². The molecule has 0 aliphatic rings. The number of para-hydroxylation sites is 1. The Kier molecular flexibility index (Phi) is 4.58. The lowest BCUT2D eigenvalue weighted by Crippen LogP contribution is -2.14. The van der Waals surface area contributed by atoms with E-state index in [1.165, 1.54) is 31.4 Å². The third-order valence-electron chi connectivity index (χ3n) is 2.81. The van der Waals surface area contributed by atoms with E-state index in [9.17, 15) is 13.2 Å². The zero-order valence-corrected chi connectivity index (χ0v) is 13.0. The highest BCUT2D eigenvalue weighted by Crippen LogP contribution is 2.27. The van der Waals surface area contributed by atoms with E-state index in [0.717, 1.165) is 6.07 Å². The van der Waals surface area contributed by atoms with Crippen LogP contribution in [0.4, 0.5) is 5.69 Å². The second kappa shape index (κ2) is 6.25. The summed E-state index contributed by atoms with van der Waals surface area (Å²) in [4.78, 5) is 11.0. The summed E-state index contributed by atoms with van der Waals surface area (Å²) in [6, 6.07) is 9.93. The van der Waals surface area contributed by atoms with Crippen molar-refractivity contribution < 1.29 is 23.1 Å². The molecule has 0 aliphatic carbocycles. The van der Waals surface area contributed by atoms with Gasteiger partial charge in [-0.15, -0.1) is 0 Å².